The molecule has 1 saturated heterocycles. The van der Waals surface area contributed by atoms with Crippen molar-refractivity contribution in [2.45, 2.75) is 18.9 Å². The number of aromatic nitrogens is 1. The summed E-state index contributed by atoms with van der Waals surface area (Å²) in [6.07, 6.45) is 2.97. The zero-order valence-electron chi connectivity index (χ0n) is 9.69. The number of halogens is 1. The van der Waals surface area contributed by atoms with E-state index in [1.165, 1.54) is 12.1 Å². The third kappa shape index (κ3) is 2.05. The Hall–Kier alpha value is -1.06. The Balaban J connectivity index is 0.00000108. The summed E-state index contributed by atoms with van der Waals surface area (Å²) >= 11 is 0. The smallest absolute Gasteiger partial charge is 0.251 e. The molecule has 4 heteroatoms. The van der Waals surface area contributed by atoms with Gasteiger partial charge in [-0.25, -0.2) is 0 Å². The van der Waals surface area contributed by atoms with Crippen LogP contribution in [0.3, 0.4) is 0 Å². The van der Waals surface area contributed by atoms with Crippen molar-refractivity contribution in [3.63, 3.8) is 0 Å². The first-order valence-electron chi connectivity index (χ1n) is 5.86. The van der Waals surface area contributed by atoms with E-state index >= 15 is 0 Å². The van der Waals surface area contributed by atoms with Crippen LogP contribution >= 0.6 is 12.4 Å². The van der Waals surface area contributed by atoms with E-state index < -0.39 is 0 Å². The van der Waals surface area contributed by atoms with Crippen LogP contribution in [0.1, 0.15) is 23.6 Å². The van der Waals surface area contributed by atoms with Crippen molar-refractivity contribution < 1.29 is 0 Å². The highest BCUT2D eigenvalue weighted by Crippen LogP contribution is 2.31. The van der Waals surface area contributed by atoms with Gasteiger partial charge >= 0.3 is 0 Å². The maximum absolute atomic E-state index is 12.0. The second-order valence-corrected chi connectivity index (χ2v) is 4.82. The van der Waals surface area contributed by atoms with Crippen molar-refractivity contribution in [3.05, 3.63) is 40.3 Å². The molecule has 1 aromatic heterocycles. The average Bonchev–Trinajstić information content (AvgIpc) is 2.31. The van der Waals surface area contributed by atoms with Gasteiger partial charge in [-0.15, -0.1) is 12.4 Å². The number of pyridine rings is 1. The van der Waals surface area contributed by atoms with Crippen LogP contribution in [0, 0.1) is 5.92 Å². The molecule has 2 bridgehead atoms. The quantitative estimate of drug-likeness (QED) is 0.824. The first kappa shape index (κ1) is 12.4. The van der Waals surface area contributed by atoms with Crippen molar-refractivity contribution in [1.29, 1.82) is 0 Å². The molecule has 1 unspecified atom stereocenters. The highest BCUT2D eigenvalue weighted by atomic mass is 35.5. The molecule has 0 aromatic carbocycles. The molecule has 2 atom stereocenters. The normalized spacial score (nSPS) is 25.6. The van der Waals surface area contributed by atoms with Gasteiger partial charge in [0.1, 0.15) is 0 Å². The number of nitrogens with one attached hydrogen (secondary N) is 1. The summed E-state index contributed by atoms with van der Waals surface area (Å²) in [5.74, 6) is 1.12. The third-order valence-electron chi connectivity index (χ3n) is 3.72. The highest BCUT2D eigenvalue weighted by molar-refractivity contribution is 5.85. The van der Waals surface area contributed by atoms with Crippen molar-refractivity contribution in [1.82, 2.24) is 9.88 Å². The van der Waals surface area contributed by atoms with Crippen LogP contribution in [0.15, 0.2) is 23.5 Å². The number of hydrogen-bond donors (Lipinski definition) is 1. The Kier molecular flexibility index (Phi) is 3.40. The molecule has 0 radical (unpaired) electrons. The summed E-state index contributed by atoms with van der Waals surface area (Å²) in [6.45, 7) is 6.65. The summed E-state index contributed by atoms with van der Waals surface area (Å²) in [4.78, 5) is 12.0. The van der Waals surface area contributed by atoms with E-state index in [-0.39, 0.29) is 18.0 Å². The fourth-order valence-corrected chi connectivity index (χ4v) is 2.94. The molecule has 3 heterocycles. The Bertz CT molecular complexity index is 495. The Morgan fingerprint density at radius 2 is 2.24 bits per heavy atom. The number of hydrogen-bond acceptors (Lipinski definition) is 2. The van der Waals surface area contributed by atoms with Crippen LogP contribution in [0.2, 0.25) is 0 Å². The van der Waals surface area contributed by atoms with Crippen LogP contribution in [-0.4, -0.2) is 17.7 Å². The molecule has 0 spiro atoms. The molecule has 17 heavy (non-hydrogen) atoms. The molecular weight excluding hydrogens is 236 g/mol. The number of fused-ring (bicyclic) bond motifs is 4. The standard InChI is InChI=1S/C13H16N2O.ClH/c1-2-9-4-12-11-3-10(6-14-7-11)8-15(12)13(16)5-9;/h2,4-5,10-11,14H,1,3,6-8H2;1H/t10?,11-;/m0./s1. The van der Waals surface area contributed by atoms with E-state index in [0.717, 1.165) is 25.2 Å². The molecule has 92 valence electrons. The Morgan fingerprint density at radius 1 is 1.41 bits per heavy atom. The molecule has 3 rings (SSSR count). The SMILES string of the molecule is C=Cc1cc2n(c(=O)c1)CC1CNC[C@@H]2C1.Cl. The second-order valence-electron chi connectivity index (χ2n) is 4.82. The van der Waals surface area contributed by atoms with E-state index in [1.54, 1.807) is 12.1 Å². The zero-order valence-corrected chi connectivity index (χ0v) is 10.5. The lowest BCUT2D eigenvalue weighted by Gasteiger charge is -2.37. The summed E-state index contributed by atoms with van der Waals surface area (Å²) in [7, 11) is 0. The van der Waals surface area contributed by atoms with E-state index in [9.17, 15) is 4.79 Å². The largest absolute Gasteiger partial charge is 0.316 e. The summed E-state index contributed by atoms with van der Waals surface area (Å²) in [5.41, 5.74) is 2.26. The van der Waals surface area contributed by atoms with Crippen LogP contribution < -0.4 is 10.9 Å². The number of piperidine rings is 1. The average molecular weight is 253 g/mol. The van der Waals surface area contributed by atoms with Crippen LogP contribution in [0.4, 0.5) is 0 Å². The predicted octanol–water partition coefficient (Wildman–Crippen LogP) is 1.62. The predicted molar refractivity (Wildman–Crippen MR) is 71.8 cm³/mol. The highest BCUT2D eigenvalue weighted by Gasteiger charge is 2.30. The molecule has 3 nitrogen and oxygen atoms in total. The second kappa shape index (κ2) is 4.67. The first-order valence-corrected chi connectivity index (χ1v) is 5.86. The molecule has 2 aliphatic heterocycles. The van der Waals surface area contributed by atoms with Crippen LogP contribution in [0.25, 0.3) is 6.08 Å². The van der Waals surface area contributed by atoms with Crippen molar-refractivity contribution in [2.75, 3.05) is 13.1 Å². The molecule has 0 amide bonds. The first-order chi connectivity index (χ1) is 7.78. The molecule has 1 N–H and O–H groups in total. The minimum Gasteiger partial charge on any atom is -0.316 e. The Morgan fingerprint density at radius 3 is 3.00 bits per heavy atom. The lowest BCUT2D eigenvalue weighted by Crippen LogP contribution is -2.44. The van der Waals surface area contributed by atoms with Gasteiger partial charge in [-0.05, 0) is 30.5 Å². The van der Waals surface area contributed by atoms with Crippen molar-refractivity contribution in [3.8, 4) is 0 Å². The molecule has 2 aliphatic rings. The zero-order chi connectivity index (χ0) is 11.1. The van der Waals surface area contributed by atoms with Gasteiger partial charge in [0.2, 0.25) is 0 Å². The monoisotopic (exact) mass is 252 g/mol. The molecular formula is C13H17ClN2O. The number of nitrogens with zero attached hydrogens (tertiary/aromatic N) is 1. The minimum atomic E-state index is 0. The van der Waals surface area contributed by atoms with E-state index in [1.807, 2.05) is 4.57 Å². The number of rotatable bonds is 1. The van der Waals surface area contributed by atoms with Crippen LogP contribution in [0.5, 0.6) is 0 Å². The summed E-state index contributed by atoms with van der Waals surface area (Å²) in [6, 6.07) is 3.80. The fourth-order valence-electron chi connectivity index (χ4n) is 2.94. The van der Waals surface area contributed by atoms with Crippen molar-refractivity contribution in [2.24, 2.45) is 5.92 Å². The third-order valence-corrected chi connectivity index (χ3v) is 3.72. The van der Waals surface area contributed by atoms with Gasteiger partial charge in [-0.3, -0.25) is 4.79 Å². The summed E-state index contributed by atoms with van der Waals surface area (Å²) in [5, 5.41) is 3.44. The van der Waals surface area contributed by atoms with Gasteiger partial charge < -0.3 is 9.88 Å². The fraction of sp³-hybridized carbons (Fsp3) is 0.462. The van der Waals surface area contributed by atoms with Crippen LogP contribution in [-0.2, 0) is 6.54 Å². The van der Waals surface area contributed by atoms with Gasteiger partial charge in [-0.1, -0.05) is 12.7 Å². The van der Waals surface area contributed by atoms with Gasteiger partial charge in [0, 0.05) is 30.8 Å². The van der Waals surface area contributed by atoms with Gasteiger partial charge in [-0.2, -0.15) is 0 Å². The van der Waals surface area contributed by atoms with E-state index in [2.05, 4.69) is 18.0 Å². The van der Waals surface area contributed by atoms with Crippen molar-refractivity contribution >= 4 is 18.5 Å². The molecule has 0 saturated carbocycles. The van der Waals surface area contributed by atoms with Gasteiger partial charge in [0.25, 0.3) is 5.56 Å². The van der Waals surface area contributed by atoms with E-state index in [4.69, 9.17) is 0 Å². The molecule has 0 aliphatic carbocycles. The lowest BCUT2D eigenvalue weighted by atomic mass is 9.84. The van der Waals surface area contributed by atoms with Gasteiger partial charge in [0.05, 0.1) is 0 Å². The lowest BCUT2D eigenvalue weighted by molar-refractivity contribution is 0.257. The molecule has 1 aromatic rings. The van der Waals surface area contributed by atoms with E-state index in [0.29, 0.717) is 11.8 Å². The van der Waals surface area contributed by atoms with Gasteiger partial charge in [0.15, 0.2) is 0 Å². The molecule has 1 fully saturated rings. The maximum atomic E-state index is 12.0. The maximum Gasteiger partial charge on any atom is 0.251 e. The minimum absolute atomic E-state index is 0. The summed E-state index contributed by atoms with van der Waals surface area (Å²) < 4.78 is 1.95. The topological polar surface area (TPSA) is 34.0 Å². The Labute approximate surface area is 107 Å².